The Bertz CT molecular complexity index is 126. The van der Waals surface area contributed by atoms with Crippen molar-refractivity contribution in [3.63, 3.8) is 0 Å². The molecule has 60 valence electrons. The summed E-state index contributed by atoms with van der Waals surface area (Å²) >= 11 is 0. The Morgan fingerprint density at radius 1 is 1.50 bits per heavy atom. The summed E-state index contributed by atoms with van der Waals surface area (Å²) in [6.07, 6.45) is 0. The molecule has 3 heteroatoms. The van der Waals surface area contributed by atoms with Crippen molar-refractivity contribution in [2.45, 2.75) is 33.3 Å². The van der Waals surface area contributed by atoms with Gasteiger partial charge < -0.3 is 5.21 Å². The van der Waals surface area contributed by atoms with Crippen LogP contribution >= 0.6 is 0 Å². The van der Waals surface area contributed by atoms with Gasteiger partial charge in [0.15, 0.2) is 0 Å². The van der Waals surface area contributed by atoms with Crippen LogP contribution in [0.1, 0.15) is 27.7 Å². The molecule has 0 rings (SSSR count). The highest BCUT2D eigenvalue weighted by molar-refractivity contribution is 4.69. The van der Waals surface area contributed by atoms with E-state index in [0.29, 0.717) is 5.70 Å². The van der Waals surface area contributed by atoms with Crippen LogP contribution in [0.2, 0.25) is 0 Å². The molecule has 0 aromatic heterocycles. The van der Waals surface area contributed by atoms with Gasteiger partial charge in [-0.3, -0.25) is 0 Å². The van der Waals surface area contributed by atoms with Gasteiger partial charge in [-0.05, 0) is 27.4 Å². The lowest BCUT2D eigenvalue weighted by Crippen LogP contribution is -3.05. The molecule has 0 saturated carbocycles. The molecular formula is C7H15NO2. The summed E-state index contributed by atoms with van der Waals surface area (Å²) in [5, 5.41) is 10.5. The van der Waals surface area contributed by atoms with Crippen LogP contribution in [0.4, 0.5) is 0 Å². The molecule has 0 spiro atoms. The fourth-order valence-electron chi connectivity index (χ4n) is 0.365. The summed E-state index contributed by atoms with van der Waals surface area (Å²) in [5.74, 6) is 0. The second kappa shape index (κ2) is 3.14. The molecule has 1 unspecified atom stereocenters. The normalized spacial score (nSPS) is 14.9. The largest absolute Gasteiger partial charge is 0.595 e. The minimum atomic E-state index is -0.407. The third-order valence-corrected chi connectivity index (χ3v) is 0.747. The first-order valence-electron chi connectivity index (χ1n) is 3.22. The maximum absolute atomic E-state index is 10.8. The van der Waals surface area contributed by atoms with Crippen LogP contribution in [0.5, 0.6) is 0 Å². The lowest BCUT2D eigenvalue weighted by Gasteiger charge is -2.27. The van der Waals surface area contributed by atoms with E-state index in [4.69, 9.17) is 4.84 Å². The van der Waals surface area contributed by atoms with Gasteiger partial charge in [-0.25, -0.2) is 0 Å². The fraction of sp³-hybridized carbons (Fsp3) is 0.714. The topological polar surface area (TPSA) is 36.7 Å². The number of hydroxylamine groups is 2. The molecule has 0 aromatic carbocycles. The monoisotopic (exact) mass is 145 g/mol. The van der Waals surface area contributed by atoms with E-state index in [-0.39, 0.29) is 5.23 Å². The third-order valence-electron chi connectivity index (χ3n) is 0.747. The molecule has 0 heterocycles. The van der Waals surface area contributed by atoms with Crippen molar-refractivity contribution in [2.24, 2.45) is 0 Å². The van der Waals surface area contributed by atoms with Gasteiger partial charge in [-0.15, -0.1) is 0 Å². The van der Waals surface area contributed by atoms with Crippen molar-refractivity contribution < 1.29 is 10.1 Å². The van der Waals surface area contributed by atoms with E-state index < -0.39 is 5.60 Å². The molecule has 0 amide bonds. The summed E-state index contributed by atoms with van der Waals surface area (Å²) in [4.78, 5) is 4.96. The maximum Gasteiger partial charge on any atom is 0.129 e. The third kappa shape index (κ3) is 4.49. The van der Waals surface area contributed by atoms with Crippen LogP contribution in [0.25, 0.3) is 0 Å². The smallest absolute Gasteiger partial charge is 0.129 e. The molecule has 0 aliphatic carbocycles. The maximum atomic E-state index is 10.8. The molecule has 0 bridgehead atoms. The molecule has 0 aromatic rings. The predicted molar refractivity (Wildman–Crippen MR) is 40.0 cm³/mol. The lowest BCUT2D eigenvalue weighted by molar-refractivity contribution is -1.03. The number of hydrogen-bond acceptors (Lipinski definition) is 2. The summed E-state index contributed by atoms with van der Waals surface area (Å²) < 4.78 is 0. The van der Waals surface area contributed by atoms with Gasteiger partial charge in [0, 0.05) is 6.92 Å². The van der Waals surface area contributed by atoms with Gasteiger partial charge in [-0.2, -0.15) is 10.1 Å². The van der Waals surface area contributed by atoms with Crippen LogP contribution in [-0.2, 0) is 4.84 Å². The number of allylic oxidation sites excluding steroid dienone is 1. The van der Waals surface area contributed by atoms with Gasteiger partial charge in [0.25, 0.3) is 0 Å². The van der Waals surface area contributed by atoms with E-state index in [0.717, 1.165) is 0 Å². The van der Waals surface area contributed by atoms with Crippen molar-refractivity contribution in [3.8, 4) is 0 Å². The van der Waals surface area contributed by atoms with E-state index >= 15 is 0 Å². The zero-order valence-corrected chi connectivity index (χ0v) is 7.02. The van der Waals surface area contributed by atoms with Gasteiger partial charge >= 0.3 is 0 Å². The van der Waals surface area contributed by atoms with Crippen molar-refractivity contribution in [1.82, 2.24) is 0 Å². The molecule has 0 radical (unpaired) electrons. The highest BCUT2D eigenvalue weighted by Crippen LogP contribution is 2.01. The lowest BCUT2D eigenvalue weighted by atomic mass is 10.2. The van der Waals surface area contributed by atoms with Gasteiger partial charge in [-0.1, -0.05) is 0 Å². The van der Waals surface area contributed by atoms with Crippen molar-refractivity contribution in [3.05, 3.63) is 17.5 Å². The Morgan fingerprint density at radius 2 is 1.90 bits per heavy atom. The van der Waals surface area contributed by atoms with Crippen LogP contribution in [-0.4, -0.2) is 5.60 Å². The SMILES string of the molecule is C=C(C)[NH+]([O-])OC(C)(C)C. The molecule has 3 nitrogen and oxygen atoms in total. The quantitative estimate of drug-likeness (QED) is 0.579. The highest BCUT2D eigenvalue weighted by atomic mass is 16.9. The van der Waals surface area contributed by atoms with Crippen molar-refractivity contribution >= 4 is 0 Å². The molecule has 0 fully saturated rings. The minimum absolute atomic E-state index is 0.326. The number of nitrogens with one attached hydrogen (secondary N) is 1. The Kier molecular flexibility index (Phi) is 3.02. The predicted octanol–water partition coefficient (Wildman–Crippen LogP) is 0.633. The Labute approximate surface area is 61.8 Å². The molecule has 10 heavy (non-hydrogen) atoms. The van der Waals surface area contributed by atoms with E-state index in [1.165, 1.54) is 0 Å². The first kappa shape index (κ1) is 9.62. The summed E-state index contributed by atoms with van der Waals surface area (Å²) in [7, 11) is 0. The van der Waals surface area contributed by atoms with Crippen molar-refractivity contribution in [1.29, 1.82) is 0 Å². The van der Waals surface area contributed by atoms with E-state index in [2.05, 4.69) is 6.58 Å². The standard InChI is InChI=1S/C7H15NO2/c1-6(2)8(9)10-7(3,4)5/h8H,1H2,2-5H3. The first-order valence-corrected chi connectivity index (χ1v) is 3.22. The molecular weight excluding hydrogens is 130 g/mol. The number of quaternary nitrogens is 1. The van der Waals surface area contributed by atoms with Gasteiger partial charge in [0.05, 0.1) is 0 Å². The van der Waals surface area contributed by atoms with E-state index in [1.54, 1.807) is 6.92 Å². The second-order valence-corrected chi connectivity index (χ2v) is 3.28. The Balaban J connectivity index is 3.80. The molecule has 0 saturated heterocycles. The average Bonchev–Trinajstić information content (AvgIpc) is 1.60. The Morgan fingerprint density at radius 3 is 2.00 bits per heavy atom. The Hall–Kier alpha value is -0.380. The average molecular weight is 145 g/mol. The molecule has 1 N–H and O–H groups in total. The molecule has 0 aliphatic heterocycles. The fourth-order valence-corrected chi connectivity index (χ4v) is 0.365. The summed E-state index contributed by atoms with van der Waals surface area (Å²) in [5.41, 5.74) is 0.0330. The zero-order valence-electron chi connectivity index (χ0n) is 7.02. The van der Waals surface area contributed by atoms with Crippen LogP contribution in [0.3, 0.4) is 0 Å². The zero-order chi connectivity index (χ0) is 8.36. The highest BCUT2D eigenvalue weighted by Gasteiger charge is 2.15. The summed E-state index contributed by atoms with van der Waals surface area (Å²) in [6, 6.07) is 0. The van der Waals surface area contributed by atoms with Crippen LogP contribution in [0, 0.1) is 5.21 Å². The van der Waals surface area contributed by atoms with Gasteiger partial charge in [0.2, 0.25) is 0 Å². The first-order chi connectivity index (χ1) is 4.33. The minimum Gasteiger partial charge on any atom is -0.595 e. The van der Waals surface area contributed by atoms with E-state index in [9.17, 15) is 5.21 Å². The summed E-state index contributed by atoms with van der Waals surface area (Å²) in [6.45, 7) is 10.6. The second-order valence-electron chi connectivity index (χ2n) is 3.28. The molecule has 1 atom stereocenters. The van der Waals surface area contributed by atoms with Crippen LogP contribution < -0.4 is 5.23 Å². The number of rotatable bonds is 2. The van der Waals surface area contributed by atoms with Crippen molar-refractivity contribution in [2.75, 3.05) is 0 Å². The molecule has 0 aliphatic rings. The van der Waals surface area contributed by atoms with E-state index in [1.807, 2.05) is 20.8 Å². The van der Waals surface area contributed by atoms with Crippen LogP contribution in [0.15, 0.2) is 12.3 Å². The number of hydrogen-bond donors (Lipinski definition) is 1. The van der Waals surface area contributed by atoms with Gasteiger partial charge in [0.1, 0.15) is 11.3 Å².